The molecule has 0 aliphatic carbocycles. The number of nitrogens with one attached hydrogen (secondary N) is 1. The number of benzene rings is 1. The second-order valence-electron chi connectivity index (χ2n) is 5.63. The SMILES string of the molecule is CCC(CNC(=O)CCc1nncn1C)Cc1ccccc1. The summed E-state index contributed by atoms with van der Waals surface area (Å²) in [6.45, 7) is 2.89. The van der Waals surface area contributed by atoms with Gasteiger partial charge in [0.05, 0.1) is 0 Å². The molecular formula is C17H24N4O. The van der Waals surface area contributed by atoms with Crippen molar-refractivity contribution in [2.45, 2.75) is 32.6 Å². The third-order valence-electron chi connectivity index (χ3n) is 3.91. The van der Waals surface area contributed by atoms with Crippen LogP contribution >= 0.6 is 0 Å². The molecule has 1 unspecified atom stereocenters. The second kappa shape index (κ2) is 8.32. The molecule has 22 heavy (non-hydrogen) atoms. The Morgan fingerprint density at radius 3 is 2.73 bits per heavy atom. The zero-order valence-electron chi connectivity index (χ0n) is 13.3. The highest BCUT2D eigenvalue weighted by Crippen LogP contribution is 2.11. The summed E-state index contributed by atoms with van der Waals surface area (Å²) >= 11 is 0. The number of nitrogens with zero attached hydrogens (tertiary/aromatic N) is 3. The van der Waals surface area contributed by atoms with Crippen LogP contribution in [-0.4, -0.2) is 27.2 Å². The molecule has 0 bridgehead atoms. The highest BCUT2D eigenvalue weighted by molar-refractivity contribution is 5.76. The summed E-state index contributed by atoms with van der Waals surface area (Å²) < 4.78 is 1.84. The quantitative estimate of drug-likeness (QED) is 0.812. The molecule has 0 saturated carbocycles. The van der Waals surface area contributed by atoms with E-state index < -0.39 is 0 Å². The van der Waals surface area contributed by atoms with Crippen LogP contribution in [0.3, 0.4) is 0 Å². The van der Waals surface area contributed by atoms with Crippen molar-refractivity contribution < 1.29 is 4.79 Å². The molecular weight excluding hydrogens is 276 g/mol. The van der Waals surface area contributed by atoms with Crippen molar-refractivity contribution in [3.63, 3.8) is 0 Å². The van der Waals surface area contributed by atoms with E-state index in [4.69, 9.17) is 0 Å². The molecule has 5 nitrogen and oxygen atoms in total. The van der Waals surface area contributed by atoms with Crippen LogP contribution in [0.25, 0.3) is 0 Å². The minimum atomic E-state index is 0.0783. The summed E-state index contributed by atoms with van der Waals surface area (Å²) in [5.41, 5.74) is 1.32. The number of aryl methyl sites for hydroxylation is 2. The first-order valence-electron chi connectivity index (χ1n) is 7.82. The fourth-order valence-corrected chi connectivity index (χ4v) is 2.41. The second-order valence-corrected chi connectivity index (χ2v) is 5.63. The molecule has 0 radical (unpaired) electrons. The lowest BCUT2D eigenvalue weighted by molar-refractivity contribution is -0.121. The Bertz CT molecular complexity index is 579. The highest BCUT2D eigenvalue weighted by Gasteiger charge is 2.10. The van der Waals surface area contributed by atoms with Crippen molar-refractivity contribution in [3.8, 4) is 0 Å². The first-order chi connectivity index (χ1) is 10.7. The Balaban J connectivity index is 1.73. The molecule has 118 valence electrons. The van der Waals surface area contributed by atoms with Gasteiger partial charge in [-0.25, -0.2) is 0 Å². The van der Waals surface area contributed by atoms with E-state index in [1.807, 2.05) is 17.7 Å². The maximum absolute atomic E-state index is 12.0. The Kier molecular flexibility index (Phi) is 6.13. The molecule has 0 aliphatic rings. The van der Waals surface area contributed by atoms with Crippen LogP contribution in [0.4, 0.5) is 0 Å². The average Bonchev–Trinajstić information content (AvgIpc) is 2.95. The standard InChI is InChI=1S/C17H24N4O/c1-3-14(11-15-7-5-4-6-8-15)12-18-17(22)10-9-16-20-19-13-21(16)2/h4-8,13-14H,3,9-12H2,1-2H3,(H,18,22). The molecule has 1 amide bonds. The van der Waals surface area contributed by atoms with E-state index >= 15 is 0 Å². The predicted molar refractivity (Wildman–Crippen MR) is 86.3 cm³/mol. The van der Waals surface area contributed by atoms with Crippen LogP contribution in [0.1, 0.15) is 31.2 Å². The van der Waals surface area contributed by atoms with Gasteiger partial charge in [0.15, 0.2) is 0 Å². The normalized spacial score (nSPS) is 12.1. The van der Waals surface area contributed by atoms with E-state index in [0.717, 1.165) is 25.2 Å². The lowest BCUT2D eigenvalue weighted by Gasteiger charge is -2.16. The molecule has 1 aromatic heterocycles. The minimum absolute atomic E-state index is 0.0783. The number of hydrogen-bond donors (Lipinski definition) is 1. The summed E-state index contributed by atoms with van der Waals surface area (Å²) in [6.07, 6.45) is 4.78. The van der Waals surface area contributed by atoms with Gasteiger partial charge in [-0.15, -0.1) is 10.2 Å². The van der Waals surface area contributed by atoms with Gasteiger partial charge in [0.2, 0.25) is 5.91 Å². The Morgan fingerprint density at radius 2 is 2.09 bits per heavy atom. The number of rotatable bonds is 8. The smallest absolute Gasteiger partial charge is 0.220 e. The van der Waals surface area contributed by atoms with Crippen molar-refractivity contribution in [1.82, 2.24) is 20.1 Å². The van der Waals surface area contributed by atoms with Crippen LogP contribution in [0, 0.1) is 5.92 Å². The fourth-order valence-electron chi connectivity index (χ4n) is 2.41. The third kappa shape index (κ3) is 4.98. The predicted octanol–water partition coefficient (Wildman–Crippen LogP) is 2.13. The Hall–Kier alpha value is -2.17. The van der Waals surface area contributed by atoms with E-state index in [0.29, 0.717) is 18.8 Å². The molecule has 1 aromatic carbocycles. The number of hydrogen-bond acceptors (Lipinski definition) is 3. The molecule has 5 heteroatoms. The molecule has 2 aromatic rings. The Labute approximate surface area is 131 Å². The van der Waals surface area contributed by atoms with E-state index in [1.54, 1.807) is 6.33 Å². The monoisotopic (exact) mass is 300 g/mol. The van der Waals surface area contributed by atoms with Crippen molar-refractivity contribution in [2.24, 2.45) is 13.0 Å². The number of aromatic nitrogens is 3. The van der Waals surface area contributed by atoms with Crippen molar-refractivity contribution in [3.05, 3.63) is 48.0 Å². The van der Waals surface area contributed by atoms with Gasteiger partial charge in [-0.05, 0) is 17.9 Å². The highest BCUT2D eigenvalue weighted by atomic mass is 16.1. The van der Waals surface area contributed by atoms with Gasteiger partial charge < -0.3 is 9.88 Å². The van der Waals surface area contributed by atoms with E-state index in [9.17, 15) is 4.79 Å². The van der Waals surface area contributed by atoms with Gasteiger partial charge in [0.25, 0.3) is 0 Å². The van der Waals surface area contributed by atoms with Gasteiger partial charge in [-0.2, -0.15) is 0 Å². The number of carbonyl (C=O) groups is 1. The topological polar surface area (TPSA) is 59.8 Å². The zero-order valence-corrected chi connectivity index (χ0v) is 13.3. The maximum Gasteiger partial charge on any atom is 0.220 e. The maximum atomic E-state index is 12.0. The van der Waals surface area contributed by atoms with Crippen molar-refractivity contribution >= 4 is 5.91 Å². The van der Waals surface area contributed by atoms with E-state index in [1.165, 1.54) is 5.56 Å². The van der Waals surface area contributed by atoms with Crippen LogP contribution in [-0.2, 0) is 24.7 Å². The van der Waals surface area contributed by atoms with Crippen LogP contribution < -0.4 is 5.32 Å². The minimum Gasteiger partial charge on any atom is -0.356 e. The van der Waals surface area contributed by atoms with Gasteiger partial charge in [-0.1, -0.05) is 43.7 Å². The van der Waals surface area contributed by atoms with Gasteiger partial charge >= 0.3 is 0 Å². The van der Waals surface area contributed by atoms with Crippen LogP contribution in [0.15, 0.2) is 36.7 Å². The molecule has 0 saturated heterocycles. The first kappa shape index (κ1) is 16.2. The summed E-state index contributed by atoms with van der Waals surface area (Å²) in [5, 5.41) is 10.8. The summed E-state index contributed by atoms with van der Waals surface area (Å²) in [6, 6.07) is 10.4. The van der Waals surface area contributed by atoms with Crippen molar-refractivity contribution in [1.29, 1.82) is 0 Å². The third-order valence-corrected chi connectivity index (χ3v) is 3.91. The molecule has 2 rings (SSSR count). The fraction of sp³-hybridized carbons (Fsp3) is 0.471. The molecule has 1 N–H and O–H groups in total. The molecule has 1 heterocycles. The summed E-state index contributed by atoms with van der Waals surface area (Å²) in [7, 11) is 1.89. The lowest BCUT2D eigenvalue weighted by Crippen LogP contribution is -2.30. The zero-order chi connectivity index (χ0) is 15.8. The van der Waals surface area contributed by atoms with Gasteiger partial charge in [0, 0.05) is 26.4 Å². The largest absolute Gasteiger partial charge is 0.356 e. The number of carbonyl (C=O) groups excluding carboxylic acids is 1. The van der Waals surface area contributed by atoms with Gasteiger partial charge in [0.1, 0.15) is 12.2 Å². The lowest BCUT2D eigenvalue weighted by atomic mass is 9.97. The van der Waals surface area contributed by atoms with E-state index in [-0.39, 0.29) is 5.91 Å². The number of amides is 1. The molecule has 0 aliphatic heterocycles. The van der Waals surface area contributed by atoms with Crippen LogP contribution in [0.5, 0.6) is 0 Å². The molecule has 0 fully saturated rings. The molecule has 0 spiro atoms. The van der Waals surface area contributed by atoms with E-state index in [2.05, 4.69) is 46.7 Å². The van der Waals surface area contributed by atoms with Crippen LogP contribution in [0.2, 0.25) is 0 Å². The summed E-state index contributed by atoms with van der Waals surface area (Å²) in [4.78, 5) is 12.0. The van der Waals surface area contributed by atoms with Crippen molar-refractivity contribution in [2.75, 3.05) is 6.54 Å². The summed E-state index contributed by atoms with van der Waals surface area (Å²) in [5.74, 6) is 1.39. The Morgan fingerprint density at radius 1 is 1.32 bits per heavy atom. The molecule has 1 atom stereocenters. The average molecular weight is 300 g/mol. The first-order valence-corrected chi connectivity index (χ1v) is 7.82. The van der Waals surface area contributed by atoms with Gasteiger partial charge in [-0.3, -0.25) is 4.79 Å².